The summed E-state index contributed by atoms with van der Waals surface area (Å²) in [7, 11) is -3.46. The first kappa shape index (κ1) is 12.2. The smallest absolute Gasteiger partial charge is 0.221 e. The normalized spacial score (nSPS) is 35.2. The van der Waals surface area contributed by atoms with Gasteiger partial charge in [0, 0.05) is 0 Å². The molecule has 4 atom stereocenters. The van der Waals surface area contributed by atoms with Crippen molar-refractivity contribution >= 4 is 27.2 Å². The number of thiocarbonyl (C=S) groups is 1. The quantitative estimate of drug-likeness (QED) is 0.693. The van der Waals surface area contributed by atoms with Crippen molar-refractivity contribution in [1.29, 1.82) is 0 Å². The highest BCUT2D eigenvalue weighted by atomic mass is 32.2. The van der Waals surface area contributed by atoms with Crippen LogP contribution in [0.3, 0.4) is 0 Å². The Kier molecular flexibility index (Phi) is 3.22. The average molecular weight is 264 g/mol. The molecular formula is C9H16N2O3S2. The maximum absolute atomic E-state index is 11.9. The Labute approximate surface area is 101 Å². The molecule has 0 spiro atoms. The molecule has 2 aliphatic rings. The standard InChI is InChI=1S/C9H16N2O3S2/c1-5(9(10)15)16(12,13)11-7-4-6-2-3-8(7)14-6/h5-8,11H,2-4H2,1H3,(H2,10,15). The van der Waals surface area contributed by atoms with Gasteiger partial charge in [-0.05, 0) is 26.2 Å². The van der Waals surface area contributed by atoms with Crippen molar-refractivity contribution in [3.05, 3.63) is 0 Å². The SMILES string of the molecule is CC(C(N)=S)S(=O)(=O)NC1CC2CCC1O2. The van der Waals surface area contributed by atoms with Crippen LogP contribution in [0.1, 0.15) is 26.2 Å². The van der Waals surface area contributed by atoms with Crippen LogP contribution in [-0.2, 0) is 14.8 Å². The maximum atomic E-state index is 11.9. The third kappa shape index (κ3) is 2.22. The highest BCUT2D eigenvalue weighted by Crippen LogP contribution is 2.34. The van der Waals surface area contributed by atoms with Gasteiger partial charge in [0.15, 0.2) is 0 Å². The molecule has 16 heavy (non-hydrogen) atoms. The summed E-state index contributed by atoms with van der Waals surface area (Å²) in [5.41, 5.74) is 5.35. The number of nitrogens with two attached hydrogens (primary N) is 1. The summed E-state index contributed by atoms with van der Waals surface area (Å²) < 4.78 is 32.0. The van der Waals surface area contributed by atoms with Crippen molar-refractivity contribution in [3.63, 3.8) is 0 Å². The molecule has 2 bridgehead atoms. The van der Waals surface area contributed by atoms with Gasteiger partial charge >= 0.3 is 0 Å². The molecule has 2 fully saturated rings. The van der Waals surface area contributed by atoms with Crippen molar-refractivity contribution in [2.45, 2.75) is 49.7 Å². The molecule has 0 saturated carbocycles. The zero-order valence-electron chi connectivity index (χ0n) is 9.05. The first-order valence-electron chi connectivity index (χ1n) is 5.36. The van der Waals surface area contributed by atoms with Crippen molar-refractivity contribution in [2.24, 2.45) is 5.73 Å². The number of ether oxygens (including phenoxy) is 1. The van der Waals surface area contributed by atoms with Crippen LogP contribution in [0.15, 0.2) is 0 Å². The van der Waals surface area contributed by atoms with E-state index in [1.807, 2.05) is 0 Å². The summed E-state index contributed by atoms with van der Waals surface area (Å²) in [5.74, 6) is 0. The molecule has 5 nitrogen and oxygen atoms in total. The lowest BCUT2D eigenvalue weighted by atomic mass is 9.96. The topological polar surface area (TPSA) is 81.4 Å². The van der Waals surface area contributed by atoms with Crippen LogP contribution in [-0.4, -0.2) is 36.9 Å². The van der Waals surface area contributed by atoms with Crippen LogP contribution < -0.4 is 10.5 Å². The van der Waals surface area contributed by atoms with Crippen molar-refractivity contribution in [1.82, 2.24) is 4.72 Å². The minimum atomic E-state index is -3.46. The molecule has 3 N–H and O–H groups in total. The lowest BCUT2D eigenvalue weighted by Gasteiger charge is -2.22. The van der Waals surface area contributed by atoms with E-state index in [4.69, 9.17) is 22.7 Å². The van der Waals surface area contributed by atoms with Gasteiger partial charge in [0.1, 0.15) is 5.25 Å². The Morgan fingerprint density at radius 3 is 2.69 bits per heavy atom. The summed E-state index contributed by atoms with van der Waals surface area (Å²) >= 11 is 4.70. The molecule has 0 radical (unpaired) electrons. The fourth-order valence-electron chi connectivity index (χ4n) is 2.23. The van der Waals surface area contributed by atoms with Crippen LogP contribution in [0.4, 0.5) is 0 Å². The Morgan fingerprint density at radius 2 is 2.25 bits per heavy atom. The zero-order valence-corrected chi connectivity index (χ0v) is 10.7. The van der Waals surface area contributed by atoms with Gasteiger partial charge in [0.25, 0.3) is 0 Å². The molecule has 2 aliphatic heterocycles. The second-order valence-electron chi connectivity index (χ2n) is 4.42. The monoisotopic (exact) mass is 264 g/mol. The van der Waals surface area contributed by atoms with Gasteiger partial charge in [-0.3, -0.25) is 0 Å². The molecular weight excluding hydrogens is 248 g/mol. The third-order valence-corrected chi connectivity index (χ3v) is 5.61. The Hall–Kier alpha value is -0.240. The van der Waals surface area contributed by atoms with E-state index in [1.54, 1.807) is 0 Å². The molecule has 0 aromatic heterocycles. The van der Waals surface area contributed by atoms with Gasteiger partial charge in [0.05, 0.1) is 23.2 Å². The van der Waals surface area contributed by atoms with E-state index in [0.29, 0.717) is 0 Å². The fourth-order valence-corrected chi connectivity index (χ4v) is 3.79. The molecule has 2 rings (SSSR count). The van der Waals surface area contributed by atoms with Gasteiger partial charge in [-0.25, -0.2) is 13.1 Å². The van der Waals surface area contributed by atoms with Crippen LogP contribution >= 0.6 is 12.2 Å². The average Bonchev–Trinajstić information content (AvgIpc) is 2.77. The predicted molar refractivity (Wildman–Crippen MR) is 64.6 cm³/mol. The van der Waals surface area contributed by atoms with E-state index in [2.05, 4.69) is 4.72 Å². The molecule has 0 amide bonds. The lowest BCUT2D eigenvalue weighted by molar-refractivity contribution is 0.0996. The third-order valence-electron chi connectivity index (χ3n) is 3.29. The molecule has 0 aromatic rings. The molecule has 2 saturated heterocycles. The molecule has 92 valence electrons. The number of sulfonamides is 1. The van der Waals surface area contributed by atoms with Gasteiger partial charge in [-0.2, -0.15) is 0 Å². The molecule has 4 unspecified atom stereocenters. The molecule has 0 aromatic carbocycles. The minimum absolute atomic E-state index is 0.00317. The molecule has 0 aliphatic carbocycles. The largest absolute Gasteiger partial charge is 0.392 e. The Bertz CT molecular complexity index is 396. The van der Waals surface area contributed by atoms with Crippen molar-refractivity contribution in [3.8, 4) is 0 Å². The Balaban J connectivity index is 2.02. The number of hydrogen-bond donors (Lipinski definition) is 2. The minimum Gasteiger partial charge on any atom is -0.392 e. The van der Waals surface area contributed by atoms with Crippen molar-refractivity contribution in [2.75, 3.05) is 0 Å². The number of nitrogens with one attached hydrogen (secondary N) is 1. The van der Waals surface area contributed by atoms with E-state index in [-0.39, 0.29) is 23.2 Å². The van der Waals surface area contributed by atoms with Gasteiger partial charge < -0.3 is 10.5 Å². The zero-order chi connectivity index (χ0) is 11.9. The fraction of sp³-hybridized carbons (Fsp3) is 0.889. The molecule has 2 heterocycles. The van der Waals surface area contributed by atoms with E-state index in [9.17, 15) is 8.42 Å². The summed E-state index contributed by atoms with van der Waals surface area (Å²) in [4.78, 5) is -0.00317. The number of hydrogen-bond acceptors (Lipinski definition) is 4. The maximum Gasteiger partial charge on any atom is 0.221 e. The summed E-state index contributed by atoms with van der Waals surface area (Å²) in [6.07, 6.45) is 2.97. The second kappa shape index (κ2) is 4.21. The van der Waals surface area contributed by atoms with Crippen LogP contribution in [0.25, 0.3) is 0 Å². The predicted octanol–water partition coefficient (Wildman–Crippen LogP) is -0.0997. The highest BCUT2D eigenvalue weighted by molar-refractivity contribution is 7.93. The van der Waals surface area contributed by atoms with E-state index in [0.717, 1.165) is 19.3 Å². The first-order valence-corrected chi connectivity index (χ1v) is 7.31. The van der Waals surface area contributed by atoms with Crippen LogP contribution in [0.5, 0.6) is 0 Å². The first-order chi connectivity index (χ1) is 7.40. The second-order valence-corrected chi connectivity index (χ2v) is 6.93. The molecule has 7 heteroatoms. The summed E-state index contributed by atoms with van der Waals surface area (Å²) in [5, 5.41) is -0.832. The number of fused-ring (bicyclic) bond motifs is 2. The van der Waals surface area contributed by atoms with Crippen molar-refractivity contribution < 1.29 is 13.2 Å². The van der Waals surface area contributed by atoms with E-state index >= 15 is 0 Å². The summed E-state index contributed by atoms with van der Waals surface area (Å²) in [6.45, 7) is 1.50. The van der Waals surface area contributed by atoms with E-state index in [1.165, 1.54) is 6.92 Å². The van der Waals surface area contributed by atoms with E-state index < -0.39 is 15.3 Å². The summed E-state index contributed by atoms with van der Waals surface area (Å²) in [6, 6.07) is -0.111. The van der Waals surface area contributed by atoms with Gasteiger partial charge in [0.2, 0.25) is 10.0 Å². The van der Waals surface area contributed by atoms with Crippen LogP contribution in [0.2, 0.25) is 0 Å². The van der Waals surface area contributed by atoms with Crippen LogP contribution in [0, 0.1) is 0 Å². The highest BCUT2D eigenvalue weighted by Gasteiger charge is 2.43. The number of rotatable bonds is 4. The van der Waals surface area contributed by atoms with Gasteiger partial charge in [-0.15, -0.1) is 0 Å². The Morgan fingerprint density at radius 1 is 1.56 bits per heavy atom. The lowest BCUT2D eigenvalue weighted by Crippen LogP contribution is -2.47. The van der Waals surface area contributed by atoms with Gasteiger partial charge in [-0.1, -0.05) is 12.2 Å².